The summed E-state index contributed by atoms with van der Waals surface area (Å²) in [5.41, 5.74) is 4.06. The monoisotopic (exact) mass is 505 g/mol. The maximum absolute atomic E-state index is 13.4. The summed E-state index contributed by atoms with van der Waals surface area (Å²) in [5, 5.41) is 5.27. The van der Waals surface area contributed by atoms with E-state index >= 15 is 0 Å². The molecule has 35 heavy (non-hydrogen) atoms. The topological polar surface area (TPSA) is 65.2 Å². The van der Waals surface area contributed by atoms with E-state index in [1.54, 1.807) is 17.0 Å². The highest BCUT2D eigenvalue weighted by Crippen LogP contribution is 2.35. The summed E-state index contributed by atoms with van der Waals surface area (Å²) < 4.78 is 0. The Bertz CT molecular complexity index is 1400. The number of amides is 2. The van der Waals surface area contributed by atoms with Crippen molar-refractivity contribution in [2.45, 2.75) is 25.2 Å². The average molecular weight is 506 g/mol. The molecule has 1 aliphatic heterocycles. The second-order valence-electron chi connectivity index (χ2n) is 8.74. The number of halogens is 2. The van der Waals surface area contributed by atoms with Crippen LogP contribution in [0.1, 0.15) is 46.7 Å². The molecule has 1 fully saturated rings. The summed E-state index contributed by atoms with van der Waals surface area (Å²) in [6.07, 6.45) is 4.29. The van der Waals surface area contributed by atoms with Crippen LogP contribution in [-0.2, 0) is 4.79 Å². The van der Waals surface area contributed by atoms with E-state index in [-0.39, 0.29) is 17.7 Å². The van der Waals surface area contributed by atoms with Gasteiger partial charge in [0.05, 0.1) is 11.3 Å². The van der Waals surface area contributed by atoms with E-state index in [1.807, 2.05) is 54.7 Å². The van der Waals surface area contributed by atoms with Crippen molar-refractivity contribution in [3.8, 4) is 0 Å². The molecule has 5 rings (SSSR count). The predicted molar refractivity (Wildman–Crippen MR) is 142 cm³/mol. The fourth-order valence-electron chi connectivity index (χ4n) is 4.81. The molecule has 2 amide bonds. The number of benzene rings is 3. The van der Waals surface area contributed by atoms with Gasteiger partial charge in [-0.05, 0) is 54.3 Å². The lowest BCUT2D eigenvalue weighted by molar-refractivity contribution is -0.119. The van der Waals surface area contributed by atoms with Gasteiger partial charge >= 0.3 is 0 Å². The Kier molecular flexibility index (Phi) is 6.80. The number of nitrogens with one attached hydrogen (secondary N) is 2. The van der Waals surface area contributed by atoms with Crippen molar-refractivity contribution in [1.82, 2.24) is 10.3 Å². The number of anilines is 1. The molecule has 1 unspecified atom stereocenters. The first-order valence-corrected chi connectivity index (χ1v) is 12.5. The third kappa shape index (κ3) is 4.79. The molecule has 3 aromatic carbocycles. The minimum Gasteiger partial charge on any atom is -0.361 e. The number of nitrogens with zero attached hydrogens (tertiary/aromatic N) is 1. The van der Waals surface area contributed by atoms with E-state index in [4.69, 9.17) is 23.2 Å². The molecule has 4 aromatic rings. The summed E-state index contributed by atoms with van der Waals surface area (Å²) >= 11 is 12.8. The zero-order valence-corrected chi connectivity index (χ0v) is 20.6. The Morgan fingerprint density at radius 3 is 2.63 bits per heavy atom. The molecule has 1 aliphatic rings. The number of rotatable bonds is 6. The van der Waals surface area contributed by atoms with Crippen LogP contribution in [-0.4, -0.2) is 29.9 Å². The predicted octanol–water partition coefficient (Wildman–Crippen LogP) is 6.55. The first-order valence-electron chi connectivity index (χ1n) is 11.7. The van der Waals surface area contributed by atoms with Gasteiger partial charge in [0.2, 0.25) is 5.91 Å². The number of hydrogen-bond acceptors (Lipinski definition) is 2. The normalized spacial score (nSPS) is 14.8. The number of para-hydroxylation sites is 2. The van der Waals surface area contributed by atoms with Gasteiger partial charge in [-0.2, -0.15) is 0 Å². The molecular weight excluding hydrogens is 481 g/mol. The Hall–Kier alpha value is -3.28. The lowest BCUT2D eigenvalue weighted by Gasteiger charge is -2.28. The van der Waals surface area contributed by atoms with Crippen LogP contribution in [0, 0.1) is 0 Å². The zero-order valence-electron chi connectivity index (χ0n) is 19.1. The van der Waals surface area contributed by atoms with Crippen molar-refractivity contribution < 1.29 is 9.59 Å². The molecule has 178 valence electrons. The van der Waals surface area contributed by atoms with Gasteiger partial charge in [0.25, 0.3) is 5.91 Å². The fourth-order valence-corrected chi connectivity index (χ4v) is 5.35. The number of carbonyl (C=O) groups is 2. The van der Waals surface area contributed by atoms with Crippen LogP contribution in [0.5, 0.6) is 0 Å². The van der Waals surface area contributed by atoms with Crippen LogP contribution in [0.4, 0.5) is 5.69 Å². The van der Waals surface area contributed by atoms with Crippen LogP contribution in [0.15, 0.2) is 72.9 Å². The van der Waals surface area contributed by atoms with Crippen molar-refractivity contribution in [1.29, 1.82) is 0 Å². The molecule has 0 bridgehead atoms. The summed E-state index contributed by atoms with van der Waals surface area (Å²) in [7, 11) is 0. The van der Waals surface area contributed by atoms with Gasteiger partial charge in [-0.15, -0.1) is 0 Å². The lowest BCUT2D eigenvalue weighted by atomic mass is 9.90. The maximum Gasteiger partial charge on any atom is 0.253 e. The van der Waals surface area contributed by atoms with Gasteiger partial charge in [0, 0.05) is 52.6 Å². The molecule has 5 nitrogen and oxygen atoms in total. The largest absolute Gasteiger partial charge is 0.361 e. The summed E-state index contributed by atoms with van der Waals surface area (Å²) in [5.74, 6) is -0.376. The number of H-pyrrole nitrogens is 1. The highest BCUT2D eigenvalue weighted by atomic mass is 35.5. The highest BCUT2D eigenvalue weighted by Gasteiger charge is 2.26. The van der Waals surface area contributed by atoms with Gasteiger partial charge < -0.3 is 15.2 Å². The smallest absolute Gasteiger partial charge is 0.253 e. The van der Waals surface area contributed by atoms with Gasteiger partial charge in [-0.1, -0.05) is 59.6 Å². The molecule has 2 N–H and O–H groups in total. The zero-order chi connectivity index (χ0) is 24.4. The first kappa shape index (κ1) is 23.5. The van der Waals surface area contributed by atoms with E-state index < -0.39 is 0 Å². The third-order valence-electron chi connectivity index (χ3n) is 6.56. The van der Waals surface area contributed by atoms with Gasteiger partial charge in [0.15, 0.2) is 0 Å². The van der Waals surface area contributed by atoms with Crippen molar-refractivity contribution in [2.24, 2.45) is 0 Å². The van der Waals surface area contributed by atoms with E-state index in [0.717, 1.165) is 34.9 Å². The Morgan fingerprint density at radius 1 is 1.00 bits per heavy atom. The summed E-state index contributed by atoms with van der Waals surface area (Å²) in [6, 6.07) is 20.8. The molecule has 1 atom stereocenters. The average Bonchev–Trinajstić information content (AvgIpc) is 3.29. The molecular formula is C28H25Cl2N3O2. The Labute approximate surface area is 214 Å². The second-order valence-corrected chi connectivity index (χ2v) is 9.58. The quantitative estimate of drug-likeness (QED) is 0.311. The summed E-state index contributed by atoms with van der Waals surface area (Å²) in [6.45, 7) is 0.950. The molecule has 0 spiro atoms. The van der Waals surface area contributed by atoms with Gasteiger partial charge in [0.1, 0.15) is 0 Å². The van der Waals surface area contributed by atoms with Gasteiger partial charge in [-0.3, -0.25) is 9.59 Å². The molecule has 7 heteroatoms. The molecule has 1 aromatic heterocycles. The van der Waals surface area contributed by atoms with E-state index in [0.29, 0.717) is 40.8 Å². The fraction of sp³-hybridized carbons (Fsp3) is 0.214. The molecule has 1 saturated heterocycles. The molecule has 0 aliphatic carbocycles. The number of carbonyl (C=O) groups excluding carboxylic acids is 2. The molecule has 0 saturated carbocycles. The van der Waals surface area contributed by atoms with Crippen molar-refractivity contribution in [2.75, 3.05) is 18.0 Å². The van der Waals surface area contributed by atoms with Crippen LogP contribution >= 0.6 is 23.2 Å². The van der Waals surface area contributed by atoms with E-state index in [1.165, 1.54) is 0 Å². The number of hydrogen-bond donors (Lipinski definition) is 2. The van der Waals surface area contributed by atoms with Crippen molar-refractivity contribution in [3.05, 3.63) is 99.7 Å². The van der Waals surface area contributed by atoms with E-state index in [2.05, 4.69) is 16.4 Å². The minimum atomic E-state index is -0.228. The second kappa shape index (κ2) is 10.1. The van der Waals surface area contributed by atoms with Crippen molar-refractivity contribution >= 4 is 51.6 Å². The molecule has 0 radical (unpaired) electrons. The standard InChI is InChI=1S/C28H25Cl2N3O2/c29-18-12-13-19(24(30)15-18)22(23-16-31-25-9-3-1-7-20(23)25)17-32-28(35)21-8-2-4-10-26(21)33-14-6-5-11-27(33)34/h1-4,7-10,12-13,15-16,22,31H,5-6,11,14,17H2,(H,32,35). The number of piperidine rings is 1. The maximum atomic E-state index is 13.4. The van der Waals surface area contributed by atoms with Crippen LogP contribution in [0.2, 0.25) is 10.0 Å². The third-order valence-corrected chi connectivity index (χ3v) is 7.13. The first-order chi connectivity index (χ1) is 17.0. The summed E-state index contributed by atoms with van der Waals surface area (Å²) in [4.78, 5) is 31.0. The van der Waals surface area contributed by atoms with E-state index in [9.17, 15) is 9.59 Å². The number of aromatic amines is 1. The van der Waals surface area contributed by atoms with Gasteiger partial charge in [-0.25, -0.2) is 0 Å². The van der Waals surface area contributed by atoms with Crippen LogP contribution in [0.25, 0.3) is 10.9 Å². The number of fused-ring (bicyclic) bond motifs is 1. The van der Waals surface area contributed by atoms with Crippen LogP contribution in [0.3, 0.4) is 0 Å². The molecule has 2 heterocycles. The minimum absolute atomic E-state index is 0.0566. The van der Waals surface area contributed by atoms with Crippen LogP contribution < -0.4 is 10.2 Å². The lowest BCUT2D eigenvalue weighted by Crippen LogP contribution is -2.37. The van der Waals surface area contributed by atoms with Crippen molar-refractivity contribution in [3.63, 3.8) is 0 Å². The number of aromatic nitrogens is 1. The SMILES string of the molecule is O=C(NCC(c1ccc(Cl)cc1Cl)c1c[nH]c2ccccc12)c1ccccc1N1CCCCC1=O. The Balaban J connectivity index is 1.47. The Morgan fingerprint density at radius 2 is 1.80 bits per heavy atom. The highest BCUT2D eigenvalue weighted by molar-refractivity contribution is 6.35.